The van der Waals surface area contributed by atoms with E-state index in [2.05, 4.69) is 39.3 Å². The average Bonchev–Trinajstić information content (AvgIpc) is 3.33. The molecule has 2 aliphatic carbocycles. The normalized spacial score (nSPS) is 21.5. The fourth-order valence-electron chi connectivity index (χ4n) is 6.42. The molecule has 0 spiro atoms. The van der Waals surface area contributed by atoms with Gasteiger partial charge in [0.15, 0.2) is 0 Å². The predicted octanol–water partition coefficient (Wildman–Crippen LogP) is 4.24. The average molecular weight is 531 g/mol. The minimum Gasteiger partial charge on any atom is -0.394 e. The van der Waals surface area contributed by atoms with E-state index in [0.717, 1.165) is 35.4 Å². The van der Waals surface area contributed by atoms with Crippen LogP contribution in [0.1, 0.15) is 49.6 Å². The summed E-state index contributed by atoms with van der Waals surface area (Å²) in [5, 5.41) is 30.3. The Hall–Kier alpha value is -3.89. The smallest absolute Gasteiger partial charge is 0.222 e. The SMILES string of the molecule is CC1(C)[C@H]2CC[C@]1(c1cccc(-c3cnc(NCC(O)CO)nc3)n1)c1nnc(-c3c(F)cccc3F)cc12. The zero-order valence-electron chi connectivity index (χ0n) is 21.6. The molecule has 3 heterocycles. The number of pyridine rings is 1. The van der Waals surface area contributed by atoms with Gasteiger partial charge in [0.05, 0.1) is 46.5 Å². The molecule has 0 saturated heterocycles. The first-order valence-corrected chi connectivity index (χ1v) is 12.9. The molecule has 3 aromatic heterocycles. The van der Waals surface area contributed by atoms with Crippen LogP contribution in [0.2, 0.25) is 0 Å². The number of nitrogens with zero attached hydrogens (tertiary/aromatic N) is 5. The predicted molar refractivity (Wildman–Crippen MR) is 141 cm³/mol. The maximum absolute atomic E-state index is 14.5. The van der Waals surface area contributed by atoms with Gasteiger partial charge < -0.3 is 15.5 Å². The maximum atomic E-state index is 14.5. The van der Waals surface area contributed by atoms with E-state index in [1.54, 1.807) is 18.5 Å². The van der Waals surface area contributed by atoms with Crippen LogP contribution in [-0.2, 0) is 5.41 Å². The summed E-state index contributed by atoms with van der Waals surface area (Å²) in [5.41, 5.74) is 3.34. The van der Waals surface area contributed by atoms with Crippen LogP contribution in [0.5, 0.6) is 0 Å². The lowest BCUT2D eigenvalue weighted by Crippen LogP contribution is -2.37. The molecule has 0 radical (unpaired) electrons. The summed E-state index contributed by atoms with van der Waals surface area (Å²) in [6.07, 6.45) is 4.15. The number of aliphatic hydroxyl groups is 2. The van der Waals surface area contributed by atoms with E-state index in [4.69, 9.17) is 10.1 Å². The molecule has 2 aliphatic rings. The van der Waals surface area contributed by atoms with E-state index in [9.17, 15) is 13.9 Å². The second-order valence-corrected chi connectivity index (χ2v) is 10.8. The van der Waals surface area contributed by atoms with E-state index in [0.29, 0.717) is 11.6 Å². The number of rotatable bonds is 7. The van der Waals surface area contributed by atoms with Gasteiger partial charge in [-0.1, -0.05) is 26.0 Å². The number of aromatic nitrogens is 5. The molecular formula is C29H28F2N6O2. The van der Waals surface area contributed by atoms with Crippen molar-refractivity contribution < 1.29 is 19.0 Å². The van der Waals surface area contributed by atoms with Crippen LogP contribution >= 0.6 is 0 Å². The van der Waals surface area contributed by atoms with Crippen molar-refractivity contribution in [3.05, 3.63) is 83.4 Å². The van der Waals surface area contributed by atoms with Crippen LogP contribution in [0.15, 0.2) is 54.9 Å². The zero-order chi connectivity index (χ0) is 27.4. The van der Waals surface area contributed by atoms with Crippen LogP contribution in [0.25, 0.3) is 22.5 Å². The largest absolute Gasteiger partial charge is 0.394 e. The van der Waals surface area contributed by atoms with Crippen molar-refractivity contribution in [2.45, 2.75) is 44.1 Å². The van der Waals surface area contributed by atoms with Crippen molar-refractivity contribution in [2.24, 2.45) is 5.41 Å². The molecule has 2 bridgehead atoms. The molecule has 10 heteroatoms. The molecule has 1 fully saturated rings. The summed E-state index contributed by atoms with van der Waals surface area (Å²) in [7, 11) is 0. The molecule has 39 heavy (non-hydrogen) atoms. The fraction of sp³-hybridized carbons (Fsp3) is 0.345. The number of hydrogen-bond acceptors (Lipinski definition) is 8. The number of benzene rings is 1. The summed E-state index contributed by atoms with van der Waals surface area (Å²) < 4.78 is 29.1. The third kappa shape index (κ3) is 3.89. The van der Waals surface area contributed by atoms with E-state index in [1.165, 1.54) is 18.2 Å². The monoisotopic (exact) mass is 530 g/mol. The van der Waals surface area contributed by atoms with Crippen LogP contribution in [0.4, 0.5) is 14.7 Å². The fourth-order valence-corrected chi connectivity index (χ4v) is 6.42. The number of fused-ring (bicyclic) bond motifs is 5. The molecule has 8 nitrogen and oxygen atoms in total. The first-order valence-electron chi connectivity index (χ1n) is 12.9. The molecule has 1 aromatic carbocycles. The third-order valence-electron chi connectivity index (χ3n) is 8.44. The van der Waals surface area contributed by atoms with Gasteiger partial charge in [0, 0.05) is 24.5 Å². The first-order chi connectivity index (χ1) is 18.8. The Morgan fingerprint density at radius 1 is 1.03 bits per heavy atom. The first kappa shape index (κ1) is 25.4. The van der Waals surface area contributed by atoms with Gasteiger partial charge >= 0.3 is 0 Å². The van der Waals surface area contributed by atoms with E-state index in [1.807, 2.05) is 18.2 Å². The quantitative estimate of drug-likeness (QED) is 0.325. The number of hydrogen-bond donors (Lipinski definition) is 3. The number of halogens is 2. The highest BCUT2D eigenvalue weighted by Gasteiger charge is 2.65. The molecular weight excluding hydrogens is 502 g/mol. The van der Waals surface area contributed by atoms with Crippen LogP contribution in [0, 0.1) is 17.0 Å². The number of aliphatic hydroxyl groups excluding tert-OH is 2. The Morgan fingerprint density at radius 3 is 2.46 bits per heavy atom. The number of anilines is 1. The summed E-state index contributed by atoms with van der Waals surface area (Å²) in [5.74, 6) is -0.847. The van der Waals surface area contributed by atoms with Crippen molar-refractivity contribution in [3.63, 3.8) is 0 Å². The number of nitrogens with one attached hydrogen (secondary N) is 1. The van der Waals surface area contributed by atoms with Gasteiger partial charge in [0.2, 0.25) is 5.95 Å². The Kier molecular flexibility index (Phi) is 6.11. The summed E-state index contributed by atoms with van der Waals surface area (Å²) in [6, 6.07) is 11.4. The van der Waals surface area contributed by atoms with Crippen LogP contribution < -0.4 is 5.32 Å². The van der Waals surface area contributed by atoms with Crippen molar-refractivity contribution in [1.82, 2.24) is 25.1 Å². The van der Waals surface area contributed by atoms with Gasteiger partial charge in [0.1, 0.15) is 11.6 Å². The molecule has 3 N–H and O–H groups in total. The van der Waals surface area contributed by atoms with E-state index < -0.39 is 23.2 Å². The van der Waals surface area contributed by atoms with E-state index >= 15 is 0 Å². The summed E-state index contributed by atoms with van der Waals surface area (Å²) in [4.78, 5) is 13.7. The Bertz CT molecular complexity index is 1530. The lowest BCUT2D eigenvalue weighted by atomic mass is 9.66. The van der Waals surface area contributed by atoms with Gasteiger partial charge in [-0.15, -0.1) is 5.10 Å². The van der Waals surface area contributed by atoms with Gasteiger partial charge in [0.25, 0.3) is 0 Å². The zero-order valence-corrected chi connectivity index (χ0v) is 21.6. The lowest BCUT2D eigenvalue weighted by Gasteiger charge is -2.37. The Morgan fingerprint density at radius 2 is 1.74 bits per heavy atom. The molecule has 0 aliphatic heterocycles. The molecule has 1 saturated carbocycles. The molecule has 3 atom stereocenters. The highest BCUT2D eigenvalue weighted by atomic mass is 19.1. The maximum Gasteiger partial charge on any atom is 0.222 e. The highest BCUT2D eigenvalue weighted by Crippen LogP contribution is 2.69. The molecule has 0 amide bonds. The lowest BCUT2D eigenvalue weighted by molar-refractivity contribution is 0.105. The van der Waals surface area contributed by atoms with Crippen molar-refractivity contribution >= 4 is 5.95 Å². The standard InChI is InChI=1S/C29H28F2N6O2/c1-28(2)19-9-10-29(28,26-18(19)11-23(36-37-26)25-20(30)5-3-6-21(25)31)24-8-4-7-22(35-24)16-12-32-27(33-13-16)34-14-17(39)15-38/h3-8,11-13,17,19,38-39H,9-10,14-15H2,1-2H3,(H,32,33,34)/t17?,19-,29-/m0/s1. The topological polar surface area (TPSA) is 117 Å². The van der Waals surface area contributed by atoms with Crippen molar-refractivity contribution in [1.29, 1.82) is 0 Å². The molecule has 6 rings (SSSR count). The van der Waals surface area contributed by atoms with Crippen molar-refractivity contribution in [3.8, 4) is 22.5 Å². The van der Waals surface area contributed by atoms with E-state index in [-0.39, 0.29) is 35.7 Å². The van der Waals surface area contributed by atoms with Gasteiger partial charge in [-0.05, 0) is 60.1 Å². The minimum absolute atomic E-state index is 0.133. The molecule has 1 unspecified atom stereocenters. The highest BCUT2D eigenvalue weighted by molar-refractivity contribution is 5.65. The second kappa shape index (κ2) is 9.39. The van der Waals surface area contributed by atoms with Crippen LogP contribution in [0.3, 0.4) is 0 Å². The Labute approximate surface area is 224 Å². The van der Waals surface area contributed by atoms with Crippen LogP contribution in [-0.4, -0.2) is 54.6 Å². The summed E-state index contributed by atoms with van der Waals surface area (Å²) >= 11 is 0. The van der Waals surface area contributed by atoms with Crippen molar-refractivity contribution in [2.75, 3.05) is 18.5 Å². The Balaban J connectivity index is 1.38. The second-order valence-electron chi connectivity index (χ2n) is 10.8. The molecule has 4 aromatic rings. The molecule has 200 valence electrons. The summed E-state index contributed by atoms with van der Waals surface area (Å²) in [6.45, 7) is 4.19. The van der Waals surface area contributed by atoms with Gasteiger partial charge in [-0.25, -0.2) is 18.7 Å². The van der Waals surface area contributed by atoms with Gasteiger partial charge in [-0.3, -0.25) is 4.98 Å². The third-order valence-corrected chi connectivity index (χ3v) is 8.44. The van der Waals surface area contributed by atoms with Gasteiger partial charge in [-0.2, -0.15) is 5.10 Å². The minimum atomic E-state index is -0.899.